The number of nitrogens with two attached hydrogens (primary N) is 1. The fourth-order valence-corrected chi connectivity index (χ4v) is 2.55. The van der Waals surface area contributed by atoms with Gasteiger partial charge in [0.15, 0.2) is 17.7 Å². The van der Waals surface area contributed by atoms with Gasteiger partial charge >= 0.3 is 0 Å². The van der Waals surface area contributed by atoms with Crippen molar-refractivity contribution in [1.82, 2.24) is 19.5 Å². The van der Waals surface area contributed by atoms with E-state index in [1.807, 2.05) is 6.92 Å². The number of nitrogens with one attached hydrogen (secondary N) is 1. The maximum absolute atomic E-state index is 10.1. The fourth-order valence-electron chi connectivity index (χ4n) is 2.55. The topological polar surface area (TPSA) is 152 Å². The number of ether oxygens (including phenoxy) is 1. The summed E-state index contributed by atoms with van der Waals surface area (Å²) in [5, 5.41) is 32.3. The first-order valence-electron chi connectivity index (χ1n) is 7.43. The molecular formula is C13H20N6O4. The number of nitrogens with zero attached hydrogens (tertiary/aromatic N) is 4. The number of aliphatic hydroxyl groups excluding tert-OH is 3. The monoisotopic (exact) mass is 324 g/mol. The highest BCUT2D eigenvalue weighted by Gasteiger charge is 2.44. The Morgan fingerprint density at radius 1 is 1.35 bits per heavy atom. The average molecular weight is 324 g/mol. The van der Waals surface area contributed by atoms with Crippen LogP contribution >= 0.6 is 0 Å². The largest absolute Gasteiger partial charge is 0.394 e. The van der Waals surface area contributed by atoms with Crippen LogP contribution in [0.2, 0.25) is 0 Å². The lowest BCUT2D eigenvalue weighted by molar-refractivity contribution is -0.0511. The van der Waals surface area contributed by atoms with E-state index in [4.69, 9.17) is 10.5 Å². The van der Waals surface area contributed by atoms with Crippen LogP contribution < -0.4 is 11.1 Å². The van der Waals surface area contributed by atoms with Gasteiger partial charge in [0.05, 0.1) is 12.9 Å². The van der Waals surface area contributed by atoms with Crippen molar-refractivity contribution in [1.29, 1.82) is 0 Å². The fraction of sp³-hybridized carbons (Fsp3) is 0.615. The van der Waals surface area contributed by atoms with Crippen molar-refractivity contribution in [3.63, 3.8) is 0 Å². The summed E-state index contributed by atoms with van der Waals surface area (Å²) in [5.74, 6) is 0.560. The minimum absolute atomic E-state index is 0.207. The average Bonchev–Trinajstić information content (AvgIpc) is 3.08. The lowest BCUT2D eigenvalue weighted by atomic mass is 10.1. The van der Waals surface area contributed by atoms with Crippen LogP contribution in [0, 0.1) is 0 Å². The van der Waals surface area contributed by atoms with Gasteiger partial charge in [0.1, 0.15) is 23.8 Å². The quantitative estimate of drug-likeness (QED) is 0.458. The summed E-state index contributed by atoms with van der Waals surface area (Å²) < 4.78 is 6.98. The third-order valence-corrected chi connectivity index (χ3v) is 3.77. The van der Waals surface area contributed by atoms with Gasteiger partial charge in [-0.3, -0.25) is 4.57 Å². The third kappa shape index (κ3) is 2.70. The number of imidazole rings is 1. The van der Waals surface area contributed by atoms with Crippen LogP contribution in [0.25, 0.3) is 11.2 Å². The predicted octanol–water partition coefficient (Wildman–Crippen LogP) is -1.16. The third-order valence-electron chi connectivity index (χ3n) is 3.77. The highest BCUT2D eigenvalue weighted by Crippen LogP contribution is 2.32. The smallest absolute Gasteiger partial charge is 0.226 e. The zero-order valence-corrected chi connectivity index (χ0v) is 12.6. The van der Waals surface area contributed by atoms with Gasteiger partial charge in [-0.25, -0.2) is 4.98 Å². The summed E-state index contributed by atoms with van der Waals surface area (Å²) in [6.45, 7) is 2.30. The zero-order valence-electron chi connectivity index (χ0n) is 12.6. The van der Waals surface area contributed by atoms with Crippen LogP contribution in [-0.4, -0.2) is 66.3 Å². The molecule has 1 aliphatic rings. The van der Waals surface area contributed by atoms with Gasteiger partial charge < -0.3 is 31.1 Å². The Morgan fingerprint density at radius 2 is 2.13 bits per heavy atom. The summed E-state index contributed by atoms with van der Waals surface area (Å²) in [5.41, 5.74) is 6.66. The van der Waals surface area contributed by atoms with Crippen molar-refractivity contribution in [2.75, 3.05) is 24.2 Å². The van der Waals surface area contributed by atoms with Crippen molar-refractivity contribution >= 4 is 22.9 Å². The molecule has 0 aliphatic carbocycles. The van der Waals surface area contributed by atoms with Crippen LogP contribution in [0.4, 0.5) is 11.8 Å². The molecule has 0 radical (unpaired) electrons. The molecule has 23 heavy (non-hydrogen) atoms. The summed E-state index contributed by atoms with van der Waals surface area (Å²) in [6, 6.07) is 0. The summed E-state index contributed by atoms with van der Waals surface area (Å²) in [7, 11) is 0. The Balaban J connectivity index is 1.99. The Bertz CT molecular complexity index is 692. The molecule has 4 atom stereocenters. The number of aliphatic hydroxyl groups is 3. The van der Waals surface area contributed by atoms with E-state index in [1.165, 1.54) is 10.9 Å². The van der Waals surface area contributed by atoms with Gasteiger partial charge in [-0.1, -0.05) is 6.92 Å². The second kappa shape index (κ2) is 6.24. The van der Waals surface area contributed by atoms with E-state index in [0.717, 1.165) is 6.42 Å². The second-order valence-corrected chi connectivity index (χ2v) is 5.41. The standard InChI is InChI=1S/C13H20N6O4/c1-2-3-15-13-17-10(14)7-11(18-13)19(5-16-7)12-9(22)8(21)6(4-20)23-12/h5-6,8-9,12,20-22H,2-4H2,1H3,(H3,14,15,17,18)/t6-,8-,9-,12-/m1/s1. The minimum atomic E-state index is -1.22. The zero-order chi connectivity index (χ0) is 16.6. The van der Waals surface area contributed by atoms with E-state index in [1.54, 1.807) is 0 Å². The van der Waals surface area contributed by atoms with Gasteiger partial charge in [-0.2, -0.15) is 9.97 Å². The van der Waals surface area contributed by atoms with Crippen molar-refractivity contribution in [3.8, 4) is 0 Å². The van der Waals surface area contributed by atoms with E-state index < -0.39 is 31.1 Å². The number of rotatable bonds is 5. The van der Waals surface area contributed by atoms with E-state index in [2.05, 4.69) is 20.3 Å². The SMILES string of the molecule is CCCNc1nc(N)c2ncn([C@@H]3O[C@H](CO)[C@@H](O)[C@H]3O)c2n1. The lowest BCUT2D eigenvalue weighted by Gasteiger charge is -2.16. The first kappa shape index (κ1) is 15.9. The Morgan fingerprint density at radius 3 is 2.78 bits per heavy atom. The highest BCUT2D eigenvalue weighted by atomic mass is 16.6. The molecule has 0 spiro atoms. The molecule has 0 unspecified atom stereocenters. The molecule has 6 N–H and O–H groups in total. The molecule has 126 valence electrons. The van der Waals surface area contributed by atoms with Crippen LogP contribution in [0.1, 0.15) is 19.6 Å². The van der Waals surface area contributed by atoms with Crippen molar-refractivity contribution in [2.45, 2.75) is 37.9 Å². The van der Waals surface area contributed by atoms with Crippen molar-refractivity contribution in [2.24, 2.45) is 0 Å². The van der Waals surface area contributed by atoms with Crippen molar-refractivity contribution < 1.29 is 20.1 Å². The predicted molar refractivity (Wildman–Crippen MR) is 81.5 cm³/mol. The number of nitrogen functional groups attached to an aromatic ring is 1. The van der Waals surface area contributed by atoms with E-state index in [0.29, 0.717) is 23.7 Å². The second-order valence-electron chi connectivity index (χ2n) is 5.41. The van der Waals surface area contributed by atoms with E-state index in [-0.39, 0.29) is 5.82 Å². The molecule has 0 aromatic carbocycles. The number of fused-ring (bicyclic) bond motifs is 1. The van der Waals surface area contributed by atoms with Gasteiger partial charge in [0.25, 0.3) is 0 Å². The Hall–Kier alpha value is -2.01. The first-order valence-corrected chi connectivity index (χ1v) is 7.43. The highest BCUT2D eigenvalue weighted by molar-refractivity contribution is 5.82. The summed E-state index contributed by atoms with van der Waals surface area (Å²) in [6.07, 6.45) is -1.88. The molecule has 1 saturated heterocycles. The number of aromatic nitrogens is 4. The number of hydrogen-bond acceptors (Lipinski definition) is 9. The molecule has 3 heterocycles. The Kier molecular flexibility index (Phi) is 4.31. The van der Waals surface area contributed by atoms with Gasteiger partial charge in [0, 0.05) is 6.54 Å². The van der Waals surface area contributed by atoms with Gasteiger partial charge in [-0.05, 0) is 6.42 Å². The summed E-state index contributed by atoms with van der Waals surface area (Å²) in [4.78, 5) is 12.6. The molecule has 1 fully saturated rings. The van der Waals surface area contributed by atoms with Crippen LogP contribution in [-0.2, 0) is 4.74 Å². The minimum Gasteiger partial charge on any atom is -0.394 e. The number of anilines is 2. The lowest BCUT2D eigenvalue weighted by Crippen LogP contribution is -2.33. The van der Waals surface area contributed by atoms with E-state index in [9.17, 15) is 15.3 Å². The van der Waals surface area contributed by atoms with Gasteiger partial charge in [-0.15, -0.1) is 0 Å². The molecule has 1 aliphatic heterocycles. The maximum Gasteiger partial charge on any atom is 0.226 e. The molecule has 2 aromatic rings. The van der Waals surface area contributed by atoms with E-state index >= 15 is 0 Å². The van der Waals surface area contributed by atoms with Crippen molar-refractivity contribution in [3.05, 3.63) is 6.33 Å². The molecule has 10 nitrogen and oxygen atoms in total. The van der Waals surface area contributed by atoms with Gasteiger partial charge in [0.2, 0.25) is 5.95 Å². The molecule has 2 aromatic heterocycles. The molecule has 0 amide bonds. The normalized spacial score (nSPS) is 27.7. The maximum atomic E-state index is 10.1. The van der Waals surface area contributed by atoms with Crippen LogP contribution in [0.15, 0.2) is 6.33 Å². The molecular weight excluding hydrogens is 304 g/mol. The molecule has 0 saturated carbocycles. The molecule has 0 bridgehead atoms. The molecule has 10 heteroatoms. The van der Waals surface area contributed by atoms with Crippen LogP contribution in [0.3, 0.4) is 0 Å². The summed E-state index contributed by atoms with van der Waals surface area (Å²) >= 11 is 0. The number of hydrogen-bond donors (Lipinski definition) is 5. The Labute approximate surface area is 131 Å². The van der Waals surface area contributed by atoms with Crippen LogP contribution in [0.5, 0.6) is 0 Å². The first-order chi connectivity index (χ1) is 11.1. The molecule has 3 rings (SSSR count).